The number of benzene rings is 1. The summed E-state index contributed by atoms with van der Waals surface area (Å²) in [5, 5.41) is 7.52. The van der Waals surface area contributed by atoms with Gasteiger partial charge in [0.2, 0.25) is 0 Å². The van der Waals surface area contributed by atoms with Crippen LogP contribution in [0.3, 0.4) is 0 Å². The molecular formula is C13H17N3O. The number of hydrogen-bond acceptors (Lipinski definition) is 3. The van der Waals surface area contributed by atoms with Crippen LogP contribution in [0, 0.1) is 0 Å². The van der Waals surface area contributed by atoms with Crippen molar-refractivity contribution >= 4 is 0 Å². The number of ether oxygens (including phenoxy) is 1. The smallest absolute Gasteiger partial charge is 0.123 e. The van der Waals surface area contributed by atoms with E-state index in [1.54, 1.807) is 13.3 Å². The normalized spacial score (nSPS) is 10.4. The SMILES string of the molecule is COc1ccccc1CNCCn1cccn1. The van der Waals surface area contributed by atoms with E-state index in [1.165, 1.54) is 5.56 Å². The zero-order chi connectivity index (χ0) is 11.9. The summed E-state index contributed by atoms with van der Waals surface area (Å²) in [6.07, 6.45) is 3.75. The number of methoxy groups -OCH3 is 1. The molecule has 90 valence electrons. The molecule has 0 aliphatic heterocycles. The first kappa shape index (κ1) is 11.7. The highest BCUT2D eigenvalue weighted by atomic mass is 16.5. The summed E-state index contributed by atoms with van der Waals surface area (Å²) in [7, 11) is 1.70. The molecule has 4 heteroatoms. The molecule has 1 heterocycles. The van der Waals surface area contributed by atoms with Crippen molar-refractivity contribution < 1.29 is 4.74 Å². The molecule has 0 unspecified atom stereocenters. The van der Waals surface area contributed by atoms with E-state index in [1.807, 2.05) is 35.1 Å². The molecule has 4 nitrogen and oxygen atoms in total. The van der Waals surface area contributed by atoms with Crippen molar-refractivity contribution in [2.45, 2.75) is 13.1 Å². The Morgan fingerprint density at radius 2 is 2.18 bits per heavy atom. The van der Waals surface area contributed by atoms with Gasteiger partial charge in [0.25, 0.3) is 0 Å². The third-order valence-corrected chi connectivity index (χ3v) is 2.58. The van der Waals surface area contributed by atoms with Gasteiger partial charge in [-0.2, -0.15) is 5.10 Å². The lowest BCUT2D eigenvalue weighted by Gasteiger charge is -2.09. The molecule has 2 aromatic rings. The Kier molecular flexibility index (Phi) is 4.16. The minimum Gasteiger partial charge on any atom is -0.496 e. The number of rotatable bonds is 6. The fraction of sp³-hybridized carbons (Fsp3) is 0.308. The van der Waals surface area contributed by atoms with Gasteiger partial charge in [0.1, 0.15) is 5.75 Å². The zero-order valence-electron chi connectivity index (χ0n) is 9.97. The molecule has 0 aliphatic carbocycles. The zero-order valence-corrected chi connectivity index (χ0v) is 9.97. The van der Waals surface area contributed by atoms with Crippen molar-refractivity contribution in [3.63, 3.8) is 0 Å². The Labute approximate surface area is 101 Å². The summed E-state index contributed by atoms with van der Waals surface area (Å²) >= 11 is 0. The molecule has 0 aliphatic rings. The van der Waals surface area contributed by atoms with Gasteiger partial charge in [-0.25, -0.2) is 0 Å². The van der Waals surface area contributed by atoms with Crippen LogP contribution in [-0.2, 0) is 13.1 Å². The number of nitrogens with zero attached hydrogens (tertiary/aromatic N) is 2. The maximum absolute atomic E-state index is 5.29. The minimum atomic E-state index is 0.811. The van der Waals surface area contributed by atoms with E-state index >= 15 is 0 Å². The Balaban J connectivity index is 1.78. The molecular weight excluding hydrogens is 214 g/mol. The van der Waals surface area contributed by atoms with Crippen molar-refractivity contribution in [3.05, 3.63) is 48.3 Å². The van der Waals surface area contributed by atoms with E-state index < -0.39 is 0 Å². The third-order valence-electron chi connectivity index (χ3n) is 2.58. The average Bonchev–Trinajstić information content (AvgIpc) is 2.88. The molecule has 1 aromatic carbocycles. The molecule has 0 spiro atoms. The number of hydrogen-bond donors (Lipinski definition) is 1. The molecule has 1 N–H and O–H groups in total. The van der Waals surface area contributed by atoms with Crippen LogP contribution >= 0.6 is 0 Å². The number of nitrogens with one attached hydrogen (secondary N) is 1. The van der Waals surface area contributed by atoms with Gasteiger partial charge in [-0.3, -0.25) is 4.68 Å². The van der Waals surface area contributed by atoms with Crippen LogP contribution in [-0.4, -0.2) is 23.4 Å². The van der Waals surface area contributed by atoms with E-state index in [9.17, 15) is 0 Å². The van der Waals surface area contributed by atoms with E-state index in [4.69, 9.17) is 4.74 Å². The molecule has 2 rings (SSSR count). The molecule has 0 amide bonds. The van der Waals surface area contributed by atoms with E-state index in [0.29, 0.717) is 0 Å². The second kappa shape index (κ2) is 6.06. The molecule has 0 bridgehead atoms. The van der Waals surface area contributed by atoms with Crippen LogP contribution in [0.1, 0.15) is 5.56 Å². The summed E-state index contributed by atoms with van der Waals surface area (Å²) < 4.78 is 7.20. The number of para-hydroxylation sites is 1. The van der Waals surface area contributed by atoms with Crippen LogP contribution in [0.25, 0.3) is 0 Å². The van der Waals surface area contributed by atoms with Gasteiger partial charge < -0.3 is 10.1 Å². The molecule has 0 saturated heterocycles. The van der Waals surface area contributed by atoms with Gasteiger partial charge in [-0.05, 0) is 12.1 Å². The summed E-state index contributed by atoms with van der Waals surface area (Å²) in [4.78, 5) is 0. The maximum Gasteiger partial charge on any atom is 0.123 e. The lowest BCUT2D eigenvalue weighted by Crippen LogP contribution is -2.20. The topological polar surface area (TPSA) is 39.1 Å². The van der Waals surface area contributed by atoms with Crippen molar-refractivity contribution in [1.82, 2.24) is 15.1 Å². The molecule has 0 atom stereocenters. The van der Waals surface area contributed by atoms with Crippen LogP contribution in [0.2, 0.25) is 0 Å². The van der Waals surface area contributed by atoms with Gasteiger partial charge >= 0.3 is 0 Å². The van der Waals surface area contributed by atoms with Crippen LogP contribution in [0.5, 0.6) is 5.75 Å². The largest absolute Gasteiger partial charge is 0.496 e. The highest BCUT2D eigenvalue weighted by molar-refractivity contribution is 5.32. The summed E-state index contributed by atoms with van der Waals surface area (Å²) in [6, 6.07) is 9.98. The molecule has 0 fully saturated rings. The van der Waals surface area contributed by atoms with Crippen LogP contribution in [0.15, 0.2) is 42.7 Å². The lowest BCUT2D eigenvalue weighted by molar-refractivity contribution is 0.407. The summed E-state index contributed by atoms with van der Waals surface area (Å²) in [5.41, 5.74) is 1.18. The third kappa shape index (κ3) is 3.32. The second-order valence-corrected chi connectivity index (χ2v) is 3.76. The van der Waals surface area contributed by atoms with Gasteiger partial charge in [0.05, 0.1) is 13.7 Å². The van der Waals surface area contributed by atoms with E-state index in [-0.39, 0.29) is 0 Å². The first-order valence-corrected chi connectivity index (χ1v) is 5.70. The van der Waals surface area contributed by atoms with Gasteiger partial charge in [0.15, 0.2) is 0 Å². The van der Waals surface area contributed by atoms with Crippen LogP contribution in [0.4, 0.5) is 0 Å². The molecule has 1 aromatic heterocycles. The van der Waals surface area contributed by atoms with Gasteiger partial charge in [0, 0.05) is 31.0 Å². The maximum atomic E-state index is 5.29. The highest BCUT2D eigenvalue weighted by Crippen LogP contribution is 2.16. The van der Waals surface area contributed by atoms with E-state index in [0.717, 1.165) is 25.4 Å². The predicted molar refractivity (Wildman–Crippen MR) is 66.9 cm³/mol. The van der Waals surface area contributed by atoms with E-state index in [2.05, 4.69) is 16.5 Å². The molecule has 17 heavy (non-hydrogen) atoms. The molecule has 0 saturated carbocycles. The predicted octanol–water partition coefficient (Wildman–Crippen LogP) is 1.68. The van der Waals surface area contributed by atoms with Crippen molar-refractivity contribution in [3.8, 4) is 5.75 Å². The lowest BCUT2D eigenvalue weighted by atomic mass is 10.2. The number of aromatic nitrogens is 2. The van der Waals surface area contributed by atoms with Gasteiger partial charge in [-0.15, -0.1) is 0 Å². The Morgan fingerprint density at radius 1 is 1.29 bits per heavy atom. The fourth-order valence-corrected chi connectivity index (χ4v) is 1.70. The van der Waals surface area contributed by atoms with Crippen molar-refractivity contribution in [2.24, 2.45) is 0 Å². The average molecular weight is 231 g/mol. The minimum absolute atomic E-state index is 0.811. The Morgan fingerprint density at radius 3 is 2.94 bits per heavy atom. The quantitative estimate of drug-likeness (QED) is 0.769. The van der Waals surface area contributed by atoms with Gasteiger partial charge in [-0.1, -0.05) is 18.2 Å². The summed E-state index contributed by atoms with van der Waals surface area (Å²) in [6.45, 7) is 2.58. The summed E-state index contributed by atoms with van der Waals surface area (Å²) in [5.74, 6) is 0.930. The highest BCUT2D eigenvalue weighted by Gasteiger charge is 2.00. The van der Waals surface area contributed by atoms with Crippen molar-refractivity contribution in [2.75, 3.05) is 13.7 Å². The van der Waals surface area contributed by atoms with Crippen LogP contribution < -0.4 is 10.1 Å². The Hall–Kier alpha value is -1.81. The standard InChI is InChI=1S/C13H17N3O/c1-17-13-6-3-2-5-12(13)11-14-8-10-16-9-4-7-15-16/h2-7,9,14H,8,10-11H2,1H3. The fourth-order valence-electron chi connectivity index (χ4n) is 1.70. The first-order chi connectivity index (χ1) is 8.40. The van der Waals surface area contributed by atoms with Crippen molar-refractivity contribution in [1.29, 1.82) is 0 Å². The second-order valence-electron chi connectivity index (χ2n) is 3.76. The first-order valence-electron chi connectivity index (χ1n) is 5.70. The Bertz CT molecular complexity index is 440. The monoisotopic (exact) mass is 231 g/mol. The molecule has 0 radical (unpaired) electrons.